The van der Waals surface area contributed by atoms with Gasteiger partial charge in [0.05, 0.1) is 17.4 Å². The van der Waals surface area contributed by atoms with Crippen molar-refractivity contribution in [1.29, 1.82) is 0 Å². The van der Waals surface area contributed by atoms with Gasteiger partial charge >= 0.3 is 0 Å². The Labute approximate surface area is 133 Å². The summed E-state index contributed by atoms with van der Waals surface area (Å²) < 4.78 is 2.01. The molecule has 0 aliphatic rings. The summed E-state index contributed by atoms with van der Waals surface area (Å²) in [5.74, 6) is 0.00897. The van der Waals surface area contributed by atoms with Crippen LogP contribution in [0, 0.1) is 0 Å². The summed E-state index contributed by atoms with van der Waals surface area (Å²) in [7, 11) is 0. The van der Waals surface area contributed by atoms with Crippen LogP contribution in [0.25, 0.3) is 11.0 Å². The normalized spacial score (nSPS) is 10.8. The van der Waals surface area contributed by atoms with Crippen LogP contribution in [0.2, 0.25) is 0 Å². The molecule has 0 unspecified atom stereocenters. The summed E-state index contributed by atoms with van der Waals surface area (Å²) >= 11 is 1.68. The molecule has 2 aromatic carbocycles. The number of anilines is 1. The van der Waals surface area contributed by atoms with Gasteiger partial charge in [-0.2, -0.15) is 0 Å². The lowest BCUT2D eigenvalue weighted by atomic mass is 10.3. The van der Waals surface area contributed by atoms with E-state index < -0.39 is 0 Å². The van der Waals surface area contributed by atoms with Gasteiger partial charge in [0.25, 0.3) is 0 Å². The topological polar surface area (TPSA) is 46.9 Å². The highest BCUT2D eigenvalue weighted by Gasteiger charge is 2.06. The number of fused-ring (bicyclic) bond motifs is 1. The van der Waals surface area contributed by atoms with E-state index in [1.54, 1.807) is 18.1 Å². The Morgan fingerprint density at radius 1 is 1.18 bits per heavy atom. The number of thioether (sulfide) groups is 1. The lowest BCUT2D eigenvalue weighted by Gasteiger charge is -2.07. The number of aromatic nitrogens is 2. The largest absolute Gasteiger partial charge is 0.330 e. The fourth-order valence-corrected chi connectivity index (χ4v) is 2.72. The number of hydrogen-bond acceptors (Lipinski definition) is 3. The van der Waals surface area contributed by atoms with Gasteiger partial charge in [-0.1, -0.05) is 12.1 Å². The number of hydrogen-bond donors (Lipinski definition) is 1. The number of carbonyl (C=O) groups excluding carboxylic acids is 1. The van der Waals surface area contributed by atoms with Crippen LogP contribution in [0.15, 0.2) is 59.8 Å². The van der Waals surface area contributed by atoms with Crippen molar-refractivity contribution in [2.75, 3.05) is 11.6 Å². The van der Waals surface area contributed by atoms with Crippen molar-refractivity contribution in [3.05, 3.63) is 54.9 Å². The van der Waals surface area contributed by atoms with Crippen LogP contribution in [0.3, 0.4) is 0 Å². The maximum Gasteiger partial charge on any atom is 0.226 e. The second-order valence-electron chi connectivity index (χ2n) is 4.95. The predicted molar refractivity (Wildman–Crippen MR) is 91.2 cm³/mol. The molecule has 0 aliphatic heterocycles. The van der Waals surface area contributed by atoms with Crippen molar-refractivity contribution in [2.24, 2.45) is 0 Å². The standard InChI is InChI=1S/C17H17N3OS/c1-22-14-8-6-13(7-9-14)19-17(21)10-11-20-12-18-15-4-2-3-5-16(15)20/h2-9,12H,10-11H2,1H3,(H,19,21). The first-order chi connectivity index (χ1) is 10.8. The fourth-order valence-electron chi connectivity index (χ4n) is 2.31. The van der Waals surface area contributed by atoms with Crippen LogP contribution in [0.5, 0.6) is 0 Å². The Morgan fingerprint density at radius 3 is 2.73 bits per heavy atom. The van der Waals surface area contributed by atoms with Crippen molar-refractivity contribution in [2.45, 2.75) is 17.9 Å². The first-order valence-corrected chi connectivity index (χ1v) is 8.32. The number of nitrogens with zero attached hydrogens (tertiary/aromatic N) is 2. The van der Waals surface area contributed by atoms with Gasteiger partial charge in [-0.15, -0.1) is 11.8 Å². The van der Waals surface area contributed by atoms with E-state index in [2.05, 4.69) is 10.3 Å². The molecular weight excluding hydrogens is 294 g/mol. The van der Waals surface area contributed by atoms with Crippen molar-refractivity contribution < 1.29 is 4.79 Å². The van der Waals surface area contributed by atoms with Gasteiger partial charge in [-0.05, 0) is 42.7 Å². The number of rotatable bonds is 5. The minimum Gasteiger partial charge on any atom is -0.330 e. The molecule has 3 rings (SSSR count). The molecule has 0 aliphatic carbocycles. The summed E-state index contributed by atoms with van der Waals surface area (Å²) in [6.07, 6.45) is 4.23. The van der Waals surface area contributed by atoms with Gasteiger partial charge in [0, 0.05) is 23.5 Å². The second-order valence-corrected chi connectivity index (χ2v) is 5.83. The van der Waals surface area contributed by atoms with E-state index in [1.165, 1.54) is 4.90 Å². The van der Waals surface area contributed by atoms with Gasteiger partial charge in [0.1, 0.15) is 0 Å². The van der Waals surface area contributed by atoms with Crippen molar-refractivity contribution in [3.63, 3.8) is 0 Å². The molecule has 112 valence electrons. The summed E-state index contributed by atoms with van der Waals surface area (Å²) in [5.41, 5.74) is 2.84. The maximum absolute atomic E-state index is 12.0. The zero-order valence-electron chi connectivity index (χ0n) is 12.3. The van der Waals surface area contributed by atoms with E-state index in [9.17, 15) is 4.79 Å². The van der Waals surface area contributed by atoms with Gasteiger partial charge < -0.3 is 9.88 Å². The lowest BCUT2D eigenvalue weighted by Crippen LogP contribution is -2.14. The van der Waals surface area contributed by atoms with Crippen molar-refractivity contribution in [3.8, 4) is 0 Å². The van der Waals surface area contributed by atoms with E-state index in [0.29, 0.717) is 13.0 Å². The highest BCUT2D eigenvalue weighted by molar-refractivity contribution is 7.98. The molecule has 0 radical (unpaired) electrons. The zero-order valence-corrected chi connectivity index (χ0v) is 13.1. The molecule has 0 bridgehead atoms. The van der Waals surface area contributed by atoms with Crippen LogP contribution in [-0.4, -0.2) is 21.7 Å². The highest BCUT2D eigenvalue weighted by Crippen LogP contribution is 2.18. The highest BCUT2D eigenvalue weighted by atomic mass is 32.2. The second kappa shape index (κ2) is 6.66. The predicted octanol–water partition coefficient (Wildman–Crippen LogP) is 3.79. The number of imidazole rings is 1. The number of carbonyl (C=O) groups is 1. The molecule has 0 saturated heterocycles. The molecule has 5 heteroatoms. The third kappa shape index (κ3) is 3.31. The molecule has 4 nitrogen and oxygen atoms in total. The summed E-state index contributed by atoms with van der Waals surface area (Å²) in [4.78, 5) is 17.6. The molecule has 0 atom stereocenters. The van der Waals surface area contributed by atoms with Crippen LogP contribution >= 0.6 is 11.8 Å². The summed E-state index contributed by atoms with van der Waals surface area (Å²) in [6, 6.07) is 15.8. The SMILES string of the molecule is CSc1ccc(NC(=O)CCn2cnc3ccccc32)cc1. The zero-order chi connectivity index (χ0) is 15.4. The number of benzene rings is 2. The monoisotopic (exact) mass is 311 g/mol. The van der Waals surface area contributed by atoms with Crippen LogP contribution in [-0.2, 0) is 11.3 Å². The summed E-state index contributed by atoms with van der Waals surface area (Å²) in [5, 5.41) is 2.92. The quantitative estimate of drug-likeness (QED) is 0.729. The Morgan fingerprint density at radius 2 is 1.95 bits per heavy atom. The minimum absolute atomic E-state index is 0.00897. The van der Waals surface area contributed by atoms with Gasteiger partial charge in [-0.25, -0.2) is 4.98 Å². The summed E-state index contributed by atoms with van der Waals surface area (Å²) in [6.45, 7) is 0.620. The molecule has 1 aromatic heterocycles. The molecule has 1 amide bonds. The Kier molecular flexibility index (Phi) is 4.44. The molecule has 0 spiro atoms. The number of nitrogens with one attached hydrogen (secondary N) is 1. The minimum atomic E-state index is 0.00897. The smallest absolute Gasteiger partial charge is 0.226 e. The molecular formula is C17H17N3OS. The average molecular weight is 311 g/mol. The van der Waals surface area contributed by atoms with Crippen molar-refractivity contribution in [1.82, 2.24) is 9.55 Å². The molecule has 1 heterocycles. The lowest BCUT2D eigenvalue weighted by molar-refractivity contribution is -0.116. The first-order valence-electron chi connectivity index (χ1n) is 7.10. The average Bonchev–Trinajstić information content (AvgIpc) is 2.97. The van der Waals surface area contributed by atoms with E-state index in [-0.39, 0.29) is 5.91 Å². The van der Waals surface area contributed by atoms with Crippen LogP contribution in [0.4, 0.5) is 5.69 Å². The van der Waals surface area contributed by atoms with E-state index in [1.807, 2.05) is 59.4 Å². The van der Waals surface area contributed by atoms with Crippen molar-refractivity contribution >= 4 is 34.4 Å². The molecule has 1 N–H and O–H groups in total. The molecule has 3 aromatic rings. The molecule has 0 fully saturated rings. The molecule has 0 saturated carbocycles. The third-order valence-electron chi connectivity index (χ3n) is 3.48. The Balaban J connectivity index is 1.60. The van der Waals surface area contributed by atoms with Crippen LogP contribution in [0.1, 0.15) is 6.42 Å². The third-order valence-corrected chi connectivity index (χ3v) is 4.22. The number of aryl methyl sites for hydroxylation is 1. The van der Waals surface area contributed by atoms with Gasteiger partial charge in [0.2, 0.25) is 5.91 Å². The first kappa shape index (κ1) is 14.7. The number of amides is 1. The molecule has 22 heavy (non-hydrogen) atoms. The van der Waals surface area contributed by atoms with E-state index >= 15 is 0 Å². The number of para-hydroxylation sites is 2. The Hall–Kier alpha value is -2.27. The van der Waals surface area contributed by atoms with E-state index in [0.717, 1.165) is 16.7 Å². The van der Waals surface area contributed by atoms with Gasteiger partial charge in [-0.3, -0.25) is 4.79 Å². The van der Waals surface area contributed by atoms with Crippen LogP contribution < -0.4 is 5.32 Å². The van der Waals surface area contributed by atoms with Gasteiger partial charge in [0.15, 0.2) is 0 Å². The Bertz CT molecular complexity index is 780. The maximum atomic E-state index is 12.0. The van der Waals surface area contributed by atoms with E-state index in [4.69, 9.17) is 0 Å². The fraction of sp³-hybridized carbons (Fsp3) is 0.176.